The summed E-state index contributed by atoms with van der Waals surface area (Å²) in [5, 5.41) is 8.94. The predicted octanol–water partition coefficient (Wildman–Crippen LogP) is 1.46. The summed E-state index contributed by atoms with van der Waals surface area (Å²) in [6.07, 6.45) is 5.95. The highest BCUT2D eigenvalue weighted by atomic mass is 15.3. The molecule has 126 valence electrons. The van der Waals surface area contributed by atoms with E-state index in [1.807, 2.05) is 6.20 Å². The third-order valence-electron chi connectivity index (χ3n) is 4.53. The summed E-state index contributed by atoms with van der Waals surface area (Å²) in [6, 6.07) is 0. The van der Waals surface area contributed by atoms with Gasteiger partial charge in [0.25, 0.3) is 0 Å². The molecule has 2 aromatic rings. The summed E-state index contributed by atoms with van der Waals surface area (Å²) in [4.78, 5) is 11.9. The number of imidazole rings is 1. The number of rotatable bonds is 6. The van der Waals surface area contributed by atoms with Gasteiger partial charge in [0.15, 0.2) is 0 Å². The number of nitrogens with one attached hydrogen (secondary N) is 1. The number of piperidine rings is 1. The van der Waals surface area contributed by atoms with Crippen LogP contribution in [0.4, 0.5) is 0 Å². The molecule has 0 radical (unpaired) electrons. The van der Waals surface area contributed by atoms with Crippen LogP contribution in [-0.4, -0.2) is 61.7 Å². The van der Waals surface area contributed by atoms with Crippen LogP contribution in [0.2, 0.25) is 0 Å². The number of aromatic nitrogens is 5. The number of H-pyrrole nitrogens is 1. The molecule has 1 N–H and O–H groups in total. The van der Waals surface area contributed by atoms with Gasteiger partial charge in [-0.25, -0.2) is 4.98 Å². The molecule has 0 spiro atoms. The minimum atomic E-state index is 0.524. The van der Waals surface area contributed by atoms with E-state index >= 15 is 0 Å². The van der Waals surface area contributed by atoms with Crippen LogP contribution in [0.3, 0.4) is 0 Å². The van der Waals surface area contributed by atoms with E-state index in [1.165, 1.54) is 11.5 Å². The summed E-state index contributed by atoms with van der Waals surface area (Å²) in [7, 11) is 4.14. The minimum Gasteiger partial charge on any atom is -0.347 e. The van der Waals surface area contributed by atoms with Gasteiger partial charge < -0.3 is 14.5 Å². The molecular formula is C16H27N7. The van der Waals surface area contributed by atoms with Crippen molar-refractivity contribution in [2.24, 2.45) is 0 Å². The average molecular weight is 317 g/mol. The van der Waals surface area contributed by atoms with Crippen LogP contribution in [-0.2, 0) is 19.6 Å². The molecule has 0 amide bonds. The zero-order chi connectivity index (χ0) is 16.2. The van der Waals surface area contributed by atoms with Gasteiger partial charge in [-0.15, -0.1) is 10.2 Å². The Morgan fingerprint density at radius 3 is 2.65 bits per heavy atom. The first-order valence-electron chi connectivity index (χ1n) is 8.43. The summed E-state index contributed by atoms with van der Waals surface area (Å²) in [5.74, 6) is 2.77. The summed E-state index contributed by atoms with van der Waals surface area (Å²) < 4.78 is 2.30. The zero-order valence-corrected chi connectivity index (χ0v) is 14.4. The maximum Gasteiger partial charge on any atom is 0.147 e. The third kappa shape index (κ3) is 3.79. The molecule has 7 nitrogen and oxygen atoms in total. The molecule has 2 aromatic heterocycles. The summed E-state index contributed by atoms with van der Waals surface area (Å²) in [5.41, 5.74) is 1.19. The standard InChI is InChI=1S/C16H27N7/c1-4-23-15(11-21(2)3)19-20-16(23)13-5-7-22(8-6-13)10-14-9-17-12-18-14/h9,12-13H,4-8,10-11H2,1-3H3,(H,17,18). The van der Waals surface area contributed by atoms with Crippen molar-refractivity contribution >= 4 is 0 Å². The molecule has 0 saturated carbocycles. The SMILES string of the molecule is CCn1c(CN(C)C)nnc1C1CCN(Cc2cnc[nH]2)CC1. The number of aromatic amines is 1. The first kappa shape index (κ1) is 16.1. The van der Waals surface area contributed by atoms with Crippen LogP contribution in [0, 0.1) is 0 Å². The maximum absolute atomic E-state index is 4.52. The first-order valence-corrected chi connectivity index (χ1v) is 8.43. The highest BCUT2D eigenvalue weighted by Gasteiger charge is 2.26. The van der Waals surface area contributed by atoms with Crippen LogP contribution < -0.4 is 0 Å². The normalized spacial score (nSPS) is 17.2. The number of hydrogen-bond acceptors (Lipinski definition) is 5. The van der Waals surface area contributed by atoms with Crippen molar-refractivity contribution in [1.29, 1.82) is 0 Å². The molecule has 0 unspecified atom stereocenters. The maximum atomic E-state index is 4.52. The van der Waals surface area contributed by atoms with Crippen molar-refractivity contribution in [3.63, 3.8) is 0 Å². The lowest BCUT2D eigenvalue weighted by Crippen LogP contribution is -2.33. The van der Waals surface area contributed by atoms with Crippen molar-refractivity contribution in [3.05, 3.63) is 29.9 Å². The second-order valence-corrected chi connectivity index (χ2v) is 6.58. The Bertz CT molecular complexity index is 594. The van der Waals surface area contributed by atoms with E-state index in [4.69, 9.17) is 0 Å². The van der Waals surface area contributed by atoms with Crippen LogP contribution in [0.15, 0.2) is 12.5 Å². The Kier molecular flexibility index (Phi) is 5.07. The molecule has 0 atom stereocenters. The molecule has 23 heavy (non-hydrogen) atoms. The average Bonchev–Trinajstić information content (AvgIpc) is 3.17. The number of nitrogens with zero attached hydrogens (tertiary/aromatic N) is 6. The van der Waals surface area contributed by atoms with Crippen molar-refractivity contribution in [3.8, 4) is 0 Å². The lowest BCUT2D eigenvalue weighted by Gasteiger charge is -2.31. The van der Waals surface area contributed by atoms with E-state index < -0.39 is 0 Å². The van der Waals surface area contributed by atoms with Gasteiger partial charge in [0, 0.05) is 30.9 Å². The van der Waals surface area contributed by atoms with E-state index in [0.29, 0.717) is 5.92 Å². The number of likely N-dealkylation sites (tertiary alicyclic amines) is 1. The molecule has 1 fully saturated rings. The summed E-state index contributed by atoms with van der Waals surface area (Å²) in [6.45, 7) is 7.13. The van der Waals surface area contributed by atoms with Gasteiger partial charge >= 0.3 is 0 Å². The van der Waals surface area contributed by atoms with Crippen molar-refractivity contribution < 1.29 is 0 Å². The van der Waals surface area contributed by atoms with Crippen molar-refractivity contribution in [2.45, 2.75) is 45.3 Å². The second kappa shape index (κ2) is 7.23. The largest absolute Gasteiger partial charge is 0.347 e. The quantitative estimate of drug-likeness (QED) is 0.874. The third-order valence-corrected chi connectivity index (χ3v) is 4.53. The predicted molar refractivity (Wildman–Crippen MR) is 88.9 cm³/mol. The van der Waals surface area contributed by atoms with Gasteiger partial charge in [-0.3, -0.25) is 4.90 Å². The molecular weight excluding hydrogens is 290 g/mol. The minimum absolute atomic E-state index is 0.524. The lowest BCUT2D eigenvalue weighted by molar-refractivity contribution is 0.198. The molecule has 0 aliphatic carbocycles. The first-order chi connectivity index (χ1) is 11.2. The van der Waals surface area contributed by atoms with Crippen LogP contribution in [0.5, 0.6) is 0 Å². The van der Waals surface area contributed by atoms with Gasteiger partial charge in [-0.05, 0) is 47.0 Å². The Morgan fingerprint density at radius 1 is 1.26 bits per heavy atom. The molecule has 0 aromatic carbocycles. The highest BCUT2D eigenvalue weighted by Crippen LogP contribution is 2.28. The molecule has 3 heterocycles. The van der Waals surface area contributed by atoms with E-state index in [9.17, 15) is 0 Å². The van der Waals surface area contributed by atoms with E-state index in [-0.39, 0.29) is 0 Å². The smallest absolute Gasteiger partial charge is 0.147 e. The van der Waals surface area contributed by atoms with Crippen molar-refractivity contribution in [2.75, 3.05) is 27.2 Å². The Morgan fingerprint density at radius 2 is 2.04 bits per heavy atom. The van der Waals surface area contributed by atoms with Crippen LogP contribution in [0.1, 0.15) is 43.0 Å². The van der Waals surface area contributed by atoms with E-state index in [0.717, 1.165) is 51.4 Å². The fraction of sp³-hybridized carbons (Fsp3) is 0.688. The molecule has 1 aliphatic heterocycles. The molecule has 3 rings (SSSR count). The van der Waals surface area contributed by atoms with Gasteiger partial charge in [-0.1, -0.05) is 0 Å². The molecule has 1 saturated heterocycles. The van der Waals surface area contributed by atoms with Crippen LogP contribution >= 0.6 is 0 Å². The molecule has 0 bridgehead atoms. The Hall–Kier alpha value is -1.73. The fourth-order valence-corrected chi connectivity index (χ4v) is 3.36. The second-order valence-electron chi connectivity index (χ2n) is 6.58. The topological polar surface area (TPSA) is 65.9 Å². The zero-order valence-electron chi connectivity index (χ0n) is 14.4. The number of hydrogen-bond donors (Lipinski definition) is 1. The molecule has 7 heteroatoms. The van der Waals surface area contributed by atoms with Gasteiger partial charge in [0.2, 0.25) is 0 Å². The monoisotopic (exact) mass is 317 g/mol. The van der Waals surface area contributed by atoms with Gasteiger partial charge in [-0.2, -0.15) is 0 Å². The Labute approximate surface area is 137 Å². The fourth-order valence-electron chi connectivity index (χ4n) is 3.36. The van der Waals surface area contributed by atoms with Gasteiger partial charge in [0.1, 0.15) is 11.6 Å². The van der Waals surface area contributed by atoms with E-state index in [1.54, 1.807) is 6.33 Å². The summed E-state index contributed by atoms with van der Waals surface area (Å²) >= 11 is 0. The van der Waals surface area contributed by atoms with Crippen LogP contribution in [0.25, 0.3) is 0 Å². The van der Waals surface area contributed by atoms with Gasteiger partial charge in [0.05, 0.1) is 12.9 Å². The lowest BCUT2D eigenvalue weighted by atomic mass is 9.95. The highest BCUT2D eigenvalue weighted by molar-refractivity contribution is 5.04. The van der Waals surface area contributed by atoms with Crippen molar-refractivity contribution in [1.82, 2.24) is 34.5 Å². The molecule has 1 aliphatic rings. The Balaban J connectivity index is 1.62. The van der Waals surface area contributed by atoms with E-state index in [2.05, 4.69) is 55.6 Å².